The number of anilines is 2. The van der Waals surface area contributed by atoms with Gasteiger partial charge in [0.1, 0.15) is 0 Å². The molecule has 0 atom stereocenters. The fourth-order valence-electron chi connectivity index (χ4n) is 2.98. The number of carbonyl (C=O) groups is 1. The van der Waals surface area contributed by atoms with Crippen molar-refractivity contribution in [2.24, 2.45) is 0 Å². The van der Waals surface area contributed by atoms with Gasteiger partial charge in [-0.15, -0.1) is 0 Å². The molecule has 0 bridgehead atoms. The van der Waals surface area contributed by atoms with E-state index >= 15 is 0 Å². The summed E-state index contributed by atoms with van der Waals surface area (Å²) in [5, 5.41) is 12.0. The molecule has 2 aromatic rings. The van der Waals surface area contributed by atoms with Gasteiger partial charge >= 0.3 is 0 Å². The van der Waals surface area contributed by atoms with Crippen molar-refractivity contribution >= 4 is 17.3 Å². The van der Waals surface area contributed by atoms with Crippen molar-refractivity contribution in [1.82, 2.24) is 4.90 Å². The molecule has 5 heteroatoms. The van der Waals surface area contributed by atoms with Crippen molar-refractivity contribution < 1.29 is 4.79 Å². The average Bonchev–Trinajstić information content (AvgIpc) is 2.92. The molecule has 0 spiro atoms. The lowest BCUT2D eigenvalue weighted by atomic mass is 9.95. The maximum atomic E-state index is 12.6. The van der Waals surface area contributed by atoms with Crippen LogP contribution < -0.4 is 11.1 Å². The number of nitriles is 1. The van der Waals surface area contributed by atoms with Gasteiger partial charge in [0.25, 0.3) is 5.91 Å². The molecule has 24 heavy (non-hydrogen) atoms. The van der Waals surface area contributed by atoms with Crippen LogP contribution in [0, 0.1) is 11.3 Å². The molecular weight excluding hydrogens is 300 g/mol. The van der Waals surface area contributed by atoms with Crippen molar-refractivity contribution in [3.8, 4) is 17.2 Å². The highest BCUT2D eigenvalue weighted by atomic mass is 16.2. The molecule has 3 rings (SSSR count). The van der Waals surface area contributed by atoms with Crippen LogP contribution in [-0.4, -0.2) is 24.4 Å². The number of rotatable bonds is 4. The summed E-state index contributed by atoms with van der Waals surface area (Å²) in [5.41, 5.74) is 11.3. The molecule has 0 unspecified atom stereocenters. The number of nitrogens with one attached hydrogen (secondary N) is 1. The predicted octanol–water partition coefficient (Wildman–Crippen LogP) is 3.01. The second-order valence-electron chi connectivity index (χ2n) is 5.76. The van der Waals surface area contributed by atoms with E-state index in [4.69, 9.17) is 11.0 Å². The smallest absolute Gasteiger partial charge is 0.256 e. The molecule has 1 heterocycles. The van der Waals surface area contributed by atoms with Gasteiger partial charge in [-0.2, -0.15) is 5.26 Å². The SMILES string of the molecule is C=C(C#N)CN1Cc2c(-c3ccc(NC)cc3)ccc(N)c2C1=O. The molecule has 2 aromatic carbocycles. The molecule has 0 radical (unpaired) electrons. The Hall–Kier alpha value is -3.26. The van der Waals surface area contributed by atoms with E-state index in [1.807, 2.05) is 43.4 Å². The van der Waals surface area contributed by atoms with E-state index < -0.39 is 0 Å². The normalized spacial score (nSPS) is 12.7. The van der Waals surface area contributed by atoms with Gasteiger partial charge < -0.3 is 16.0 Å². The summed E-state index contributed by atoms with van der Waals surface area (Å²) in [4.78, 5) is 14.2. The van der Waals surface area contributed by atoms with E-state index in [2.05, 4.69) is 11.9 Å². The standard InChI is InChI=1S/C19H18N4O/c1-12(9-20)10-23-11-16-15(7-8-17(21)18(16)19(23)24)13-3-5-14(22-2)6-4-13/h3-8,22H,1,10-11,21H2,2H3. The monoisotopic (exact) mass is 318 g/mol. The molecule has 0 fully saturated rings. The molecule has 1 aliphatic rings. The minimum atomic E-state index is -0.146. The molecular formula is C19H18N4O. The molecule has 3 N–H and O–H groups in total. The molecule has 0 saturated heterocycles. The van der Waals surface area contributed by atoms with Crippen LogP contribution in [0.3, 0.4) is 0 Å². The molecule has 120 valence electrons. The van der Waals surface area contributed by atoms with Gasteiger partial charge in [0.05, 0.1) is 18.2 Å². The van der Waals surface area contributed by atoms with Crippen LogP contribution in [0.5, 0.6) is 0 Å². The summed E-state index contributed by atoms with van der Waals surface area (Å²) in [7, 11) is 1.87. The maximum Gasteiger partial charge on any atom is 0.256 e. The number of nitrogens with zero attached hydrogens (tertiary/aromatic N) is 2. The Balaban J connectivity index is 2.03. The van der Waals surface area contributed by atoms with Crippen LogP contribution in [0.4, 0.5) is 11.4 Å². The average molecular weight is 318 g/mol. The van der Waals surface area contributed by atoms with Crippen LogP contribution in [0.15, 0.2) is 48.6 Å². The van der Waals surface area contributed by atoms with Crippen LogP contribution in [-0.2, 0) is 6.54 Å². The summed E-state index contributed by atoms with van der Waals surface area (Å²) in [6.45, 7) is 4.32. The molecule has 0 aromatic heterocycles. The largest absolute Gasteiger partial charge is 0.398 e. The fraction of sp³-hybridized carbons (Fsp3) is 0.158. The zero-order valence-electron chi connectivity index (χ0n) is 13.5. The second kappa shape index (κ2) is 6.09. The Labute approximate surface area is 141 Å². The zero-order chi connectivity index (χ0) is 17.3. The molecule has 0 saturated carbocycles. The predicted molar refractivity (Wildman–Crippen MR) is 95.3 cm³/mol. The van der Waals surface area contributed by atoms with E-state index in [1.165, 1.54) is 0 Å². The Morgan fingerprint density at radius 1 is 1.33 bits per heavy atom. The molecule has 5 nitrogen and oxygen atoms in total. The highest BCUT2D eigenvalue weighted by Crippen LogP contribution is 2.36. The van der Waals surface area contributed by atoms with Gasteiger partial charge in [-0.05, 0) is 34.9 Å². The highest BCUT2D eigenvalue weighted by molar-refractivity contribution is 6.05. The fourth-order valence-corrected chi connectivity index (χ4v) is 2.98. The number of carbonyl (C=O) groups excluding carboxylic acids is 1. The van der Waals surface area contributed by atoms with Crippen molar-refractivity contribution in [2.75, 3.05) is 24.6 Å². The molecule has 1 aliphatic heterocycles. The summed E-state index contributed by atoms with van der Waals surface area (Å²) in [5.74, 6) is -0.146. The van der Waals surface area contributed by atoms with Gasteiger partial charge in [0.2, 0.25) is 0 Å². The first-order valence-electron chi connectivity index (χ1n) is 7.62. The summed E-state index contributed by atoms with van der Waals surface area (Å²) < 4.78 is 0. The summed E-state index contributed by atoms with van der Waals surface area (Å²) in [6.07, 6.45) is 0. The highest BCUT2D eigenvalue weighted by Gasteiger charge is 2.31. The number of amides is 1. The first-order valence-corrected chi connectivity index (χ1v) is 7.62. The van der Waals surface area contributed by atoms with Crippen molar-refractivity contribution in [3.05, 3.63) is 59.7 Å². The number of hydrogen-bond acceptors (Lipinski definition) is 4. The van der Waals surface area contributed by atoms with E-state index in [1.54, 1.807) is 11.0 Å². The van der Waals surface area contributed by atoms with Crippen molar-refractivity contribution in [1.29, 1.82) is 5.26 Å². The van der Waals surface area contributed by atoms with Crippen LogP contribution in [0.2, 0.25) is 0 Å². The quantitative estimate of drug-likeness (QED) is 0.670. The summed E-state index contributed by atoms with van der Waals surface area (Å²) in [6, 6.07) is 13.7. The Morgan fingerprint density at radius 2 is 2.04 bits per heavy atom. The Bertz CT molecular complexity index is 862. The van der Waals surface area contributed by atoms with Crippen LogP contribution in [0.25, 0.3) is 11.1 Å². The number of fused-ring (bicyclic) bond motifs is 1. The van der Waals surface area contributed by atoms with Gasteiger partial charge in [0.15, 0.2) is 0 Å². The summed E-state index contributed by atoms with van der Waals surface area (Å²) >= 11 is 0. The van der Waals surface area contributed by atoms with Crippen molar-refractivity contribution in [2.45, 2.75) is 6.54 Å². The minimum Gasteiger partial charge on any atom is -0.398 e. The second-order valence-corrected chi connectivity index (χ2v) is 5.76. The van der Waals surface area contributed by atoms with Gasteiger partial charge in [-0.3, -0.25) is 4.79 Å². The Kier molecular flexibility index (Phi) is 3.97. The number of nitrogen functional groups attached to an aromatic ring is 1. The molecule has 0 aliphatic carbocycles. The lowest BCUT2D eigenvalue weighted by molar-refractivity contribution is 0.0795. The lowest BCUT2D eigenvalue weighted by Gasteiger charge is -2.14. The van der Waals surface area contributed by atoms with E-state index in [0.29, 0.717) is 23.4 Å². The number of benzene rings is 2. The third kappa shape index (κ3) is 2.59. The lowest BCUT2D eigenvalue weighted by Crippen LogP contribution is -2.26. The first-order chi connectivity index (χ1) is 11.5. The third-order valence-electron chi connectivity index (χ3n) is 4.22. The van der Waals surface area contributed by atoms with Crippen LogP contribution >= 0.6 is 0 Å². The van der Waals surface area contributed by atoms with Crippen molar-refractivity contribution in [3.63, 3.8) is 0 Å². The van der Waals surface area contributed by atoms with E-state index in [-0.39, 0.29) is 12.5 Å². The number of nitrogens with two attached hydrogens (primary N) is 1. The van der Waals surface area contributed by atoms with E-state index in [0.717, 1.165) is 22.4 Å². The van der Waals surface area contributed by atoms with Gasteiger partial charge in [-0.1, -0.05) is 24.8 Å². The first kappa shape index (κ1) is 15.6. The van der Waals surface area contributed by atoms with Gasteiger partial charge in [-0.25, -0.2) is 0 Å². The topological polar surface area (TPSA) is 82.2 Å². The third-order valence-corrected chi connectivity index (χ3v) is 4.22. The molecule has 1 amide bonds. The van der Waals surface area contributed by atoms with E-state index in [9.17, 15) is 4.79 Å². The minimum absolute atomic E-state index is 0.146. The Morgan fingerprint density at radius 3 is 2.67 bits per heavy atom. The maximum absolute atomic E-state index is 12.6. The zero-order valence-corrected chi connectivity index (χ0v) is 13.5. The van der Waals surface area contributed by atoms with Gasteiger partial charge in [0, 0.05) is 30.5 Å². The van der Waals surface area contributed by atoms with Crippen LogP contribution in [0.1, 0.15) is 15.9 Å². The number of hydrogen-bond donors (Lipinski definition) is 2.